The van der Waals surface area contributed by atoms with Gasteiger partial charge < -0.3 is 11.5 Å². The van der Waals surface area contributed by atoms with Gasteiger partial charge in [-0.3, -0.25) is 0 Å². The number of nitrogens with two attached hydrogens (primary N) is 2. The predicted octanol–water partition coefficient (Wildman–Crippen LogP) is 1.78. The fourth-order valence-corrected chi connectivity index (χ4v) is 2.07. The first-order chi connectivity index (χ1) is 5.47. The molecule has 2 heteroatoms. The summed E-state index contributed by atoms with van der Waals surface area (Å²) in [5.41, 5.74) is 12.4. The van der Waals surface area contributed by atoms with Crippen molar-refractivity contribution in [1.29, 1.82) is 0 Å². The molecule has 0 aromatic carbocycles. The molecular weight excluding hydrogens is 148 g/mol. The van der Waals surface area contributed by atoms with E-state index < -0.39 is 0 Å². The zero-order valence-corrected chi connectivity index (χ0v) is 8.40. The molecule has 4 N–H and O–H groups in total. The van der Waals surface area contributed by atoms with Gasteiger partial charge in [0.15, 0.2) is 0 Å². The Morgan fingerprint density at radius 3 is 2.00 bits per heavy atom. The molecule has 1 saturated carbocycles. The standard InChI is InChI=1S/C10H22N2/c1-3-4-10(12)7-5-9(2,11)6-8-10/h3-8,11-12H2,1-2H3. The smallest absolute Gasteiger partial charge is 0.0155 e. The summed E-state index contributed by atoms with van der Waals surface area (Å²) in [6, 6.07) is 0. The molecule has 1 fully saturated rings. The van der Waals surface area contributed by atoms with Crippen LogP contribution in [0.1, 0.15) is 52.4 Å². The summed E-state index contributed by atoms with van der Waals surface area (Å²) in [6.07, 6.45) is 6.73. The van der Waals surface area contributed by atoms with Crippen LogP contribution in [0.15, 0.2) is 0 Å². The van der Waals surface area contributed by atoms with Gasteiger partial charge in [-0.1, -0.05) is 13.3 Å². The van der Waals surface area contributed by atoms with Crippen molar-refractivity contribution in [1.82, 2.24) is 0 Å². The van der Waals surface area contributed by atoms with Crippen LogP contribution in [0.3, 0.4) is 0 Å². The Kier molecular flexibility index (Phi) is 2.79. The molecule has 72 valence electrons. The lowest BCUT2D eigenvalue weighted by atomic mass is 9.72. The molecule has 0 bridgehead atoms. The Balaban J connectivity index is 2.44. The quantitative estimate of drug-likeness (QED) is 0.663. The molecule has 1 rings (SSSR count). The van der Waals surface area contributed by atoms with Crippen LogP contribution >= 0.6 is 0 Å². The second-order valence-corrected chi connectivity index (χ2v) is 4.77. The van der Waals surface area contributed by atoms with E-state index in [2.05, 4.69) is 13.8 Å². The summed E-state index contributed by atoms with van der Waals surface area (Å²) in [6.45, 7) is 4.34. The van der Waals surface area contributed by atoms with E-state index in [1.807, 2.05) is 0 Å². The van der Waals surface area contributed by atoms with E-state index in [4.69, 9.17) is 11.5 Å². The molecule has 0 aromatic heterocycles. The summed E-state index contributed by atoms with van der Waals surface area (Å²) < 4.78 is 0. The molecular formula is C10H22N2. The average Bonchev–Trinajstić information content (AvgIpc) is 1.98. The normalized spacial score (nSPS) is 43.0. The van der Waals surface area contributed by atoms with E-state index in [0.717, 1.165) is 32.1 Å². The third kappa shape index (κ3) is 2.46. The predicted molar refractivity (Wildman–Crippen MR) is 52.9 cm³/mol. The van der Waals surface area contributed by atoms with E-state index >= 15 is 0 Å². The molecule has 0 amide bonds. The average molecular weight is 170 g/mol. The van der Waals surface area contributed by atoms with Crippen LogP contribution < -0.4 is 11.5 Å². The molecule has 0 atom stereocenters. The summed E-state index contributed by atoms with van der Waals surface area (Å²) in [5, 5.41) is 0. The van der Waals surface area contributed by atoms with E-state index in [1.54, 1.807) is 0 Å². The highest BCUT2D eigenvalue weighted by Crippen LogP contribution is 2.34. The minimum atomic E-state index is 0.0522. The van der Waals surface area contributed by atoms with E-state index in [0.29, 0.717) is 0 Å². The molecule has 2 nitrogen and oxygen atoms in total. The maximum absolute atomic E-state index is 6.24. The summed E-state index contributed by atoms with van der Waals surface area (Å²) in [5.74, 6) is 0. The summed E-state index contributed by atoms with van der Waals surface area (Å²) >= 11 is 0. The van der Waals surface area contributed by atoms with Crippen molar-refractivity contribution >= 4 is 0 Å². The highest BCUT2D eigenvalue weighted by molar-refractivity contribution is 4.96. The van der Waals surface area contributed by atoms with Crippen molar-refractivity contribution in [3.8, 4) is 0 Å². The second kappa shape index (κ2) is 3.35. The number of hydrogen-bond acceptors (Lipinski definition) is 2. The first-order valence-corrected chi connectivity index (χ1v) is 5.05. The van der Waals surface area contributed by atoms with Crippen molar-refractivity contribution in [2.24, 2.45) is 11.5 Å². The van der Waals surface area contributed by atoms with Crippen LogP contribution in [0.4, 0.5) is 0 Å². The Morgan fingerprint density at radius 1 is 1.08 bits per heavy atom. The van der Waals surface area contributed by atoms with Gasteiger partial charge in [0.1, 0.15) is 0 Å². The van der Waals surface area contributed by atoms with Crippen LogP contribution in [0.25, 0.3) is 0 Å². The summed E-state index contributed by atoms with van der Waals surface area (Å²) in [7, 11) is 0. The monoisotopic (exact) mass is 170 g/mol. The lowest BCUT2D eigenvalue weighted by Crippen LogP contribution is -2.50. The first kappa shape index (κ1) is 10.0. The van der Waals surface area contributed by atoms with Gasteiger partial charge in [0.25, 0.3) is 0 Å². The van der Waals surface area contributed by atoms with Crippen LogP contribution in [-0.4, -0.2) is 11.1 Å². The topological polar surface area (TPSA) is 52.0 Å². The zero-order chi connectivity index (χ0) is 9.24. The van der Waals surface area contributed by atoms with Crippen molar-refractivity contribution < 1.29 is 0 Å². The van der Waals surface area contributed by atoms with Gasteiger partial charge in [-0.15, -0.1) is 0 Å². The minimum Gasteiger partial charge on any atom is -0.325 e. The van der Waals surface area contributed by atoms with Crippen molar-refractivity contribution in [2.75, 3.05) is 0 Å². The van der Waals surface area contributed by atoms with Gasteiger partial charge in [0.2, 0.25) is 0 Å². The third-order valence-corrected chi connectivity index (χ3v) is 3.14. The lowest BCUT2D eigenvalue weighted by Gasteiger charge is -2.41. The fourth-order valence-electron chi connectivity index (χ4n) is 2.07. The van der Waals surface area contributed by atoms with Gasteiger partial charge in [0.05, 0.1) is 0 Å². The van der Waals surface area contributed by atoms with E-state index in [1.165, 1.54) is 6.42 Å². The molecule has 0 unspecified atom stereocenters. The van der Waals surface area contributed by atoms with Crippen molar-refractivity contribution in [2.45, 2.75) is 63.5 Å². The van der Waals surface area contributed by atoms with Crippen molar-refractivity contribution in [3.05, 3.63) is 0 Å². The van der Waals surface area contributed by atoms with Crippen molar-refractivity contribution in [3.63, 3.8) is 0 Å². The molecule has 0 aliphatic heterocycles. The molecule has 0 heterocycles. The Labute approximate surface area is 75.7 Å². The van der Waals surface area contributed by atoms with Gasteiger partial charge >= 0.3 is 0 Å². The Bertz CT molecular complexity index is 142. The molecule has 1 aliphatic rings. The highest BCUT2D eigenvalue weighted by Gasteiger charge is 2.34. The SMILES string of the molecule is CCCC1(N)CCC(C)(N)CC1. The number of rotatable bonds is 2. The largest absolute Gasteiger partial charge is 0.325 e. The minimum absolute atomic E-state index is 0.0522. The molecule has 0 saturated heterocycles. The van der Waals surface area contributed by atoms with Crippen LogP contribution in [-0.2, 0) is 0 Å². The third-order valence-electron chi connectivity index (χ3n) is 3.14. The van der Waals surface area contributed by atoms with E-state index in [-0.39, 0.29) is 11.1 Å². The lowest BCUT2D eigenvalue weighted by molar-refractivity contribution is 0.204. The zero-order valence-electron chi connectivity index (χ0n) is 8.40. The first-order valence-electron chi connectivity index (χ1n) is 5.05. The van der Waals surface area contributed by atoms with Gasteiger partial charge in [-0.2, -0.15) is 0 Å². The maximum atomic E-state index is 6.24. The second-order valence-electron chi connectivity index (χ2n) is 4.77. The van der Waals surface area contributed by atoms with E-state index in [9.17, 15) is 0 Å². The van der Waals surface area contributed by atoms with Crippen LogP contribution in [0.5, 0.6) is 0 Å². The molecule has 0 radical (unpaired) electrons. The summed E-state index contributed by atoms with van der Waals surface area (Å²) in [4.78, 5) is 0. The van der Waals surface area contributed by atoms with Gasteiger partial charge in [-0.25, -0.2) is 0 Å². The Hall–Kier alpha value is -0.0800. The molecule has 0 aromatic rings. The van der Waals surface area contributed by atoms with Gasteiger partial charge in [0, 0.05) is 11.1 Å². The molecule has 1 aliphatic carbocycles. The number of hydrogen-bond donors (Lipinski definition) is 2. The fraction of sp³-hybridized carbons (Fsp3) is 1.00. The molecule has 12 heavy (non-hydrogen) atoms. The highest BCUT2D eigenvalue weighted by atomic mass is 14.8. The Morgan fingerprint density at radius 2 is 1.58 bits per heavy atom. The van der Waals surface area contributed by atoms with Crippen LogP contribution in [0, 0.1) is 0 Å². The van der Waals surface area contributed by atoms with Gasteiger partial charge in [-0.05, 0) is 39.0 Å². The van der Waals surface area contributed by atoms with Crippen LogP contribution in [0.2, 0.25) is 0 Å². The maximum Gasteiger partial charge on any atom is 0.0155 e. The molecule has 0 spiro atoms.